The van der Waals surface area contributed by atoms with Gasteiger partial charge >= 0.3 is 0 Å². The lowest BCUT2D eigenvalue weighted by molar-refractivity contribution is 1.04. The first-order chi connectivity index (χ1) is 10.7. The SMILES string of the molecule is Cc1cccc(SN2Cc3ccccc3-c3sc(Br)cc32)c1. The molecule has 22 heavy (non-hydrogen) atoms. The molecule has 0 aliphatic carbocycles. The van der Waals surface area contributed by atoms with E-state index in [4.69, 9.17) is 0 Å². The minimum absolute atomic E-state index is 0.935. The van der Waals surface area contributed by atoms with E-state index in [2.05, 4.69) is 81.8 Å². The molecule has 1 aliphatic rings. The molecule has 0 saturated carbocycles. The second-order valence-corrected chi connectivity index (χ2v) is 8.89. The Morgan fingerprint density at radius 3 is 2.82 bits per heavy atom. The molecule has 3 aromatic rings. The highest BCUT2D eigenvalue weighted by molar-refractivity contribution is 9.11. The summed E-state index contributed by atoms with van der Waals surface area (Å²) in [7, 11) is 0. The summed E-state index contributed by atoms with van der Waals surface area (Å²) in [6.45, 7) is 3.08. The zero-order valence-electron chi connectivity index (χ0n) is 12.0. The zero-order valence-corrected chi connectivity index (χ0v) is 15.3. The minimum atomic E-state index is 0.935. The number of hydrogen-bond donors (Lipinski definition) is 0. The maximum atomic E-state index is 3.65. The van der Waals surface area contributed by atoms with Crippen LogP contribution in [0.15, 0.2) is 63.3 Å². The van der Waals surface area contributed by atoms with Gasteiger partial charge in [-0.2, -0.15) is 0 Å². The third kappa shape index (κ3) is 2.60. The van der Waals surface area contributed by atoms with Gasteiger partial charge in [0.05, 0.1) is 20.9 Å². The van der Waals surface area contributed by atoms with Gasteiger partial charge in [-0.15, -0.1) is 11.3 Å². The van der Waals surface area contributed by atoms with Gasteiger partial charge < -0.3 is 4.31 Å². The van der Waals surface area contributed by atoms with Crippen LogP contribution in [-0.4, -0.2) is 0 Å². The third-order valence-electron chi connectivity index (χ3n) is 3.73. The molecule has 4 rings (SSSR count). The average molecular weight is 388 g/mol. The van der Waals surface area contributed by atoms with Crippen molar-refractivity contribution < 1.29 is 0 Å². The Kier molecular flexibility index (Phi) is 3.76. The van der Waals surface area contributed by atoms with Crippen molar-refractivity contribution >= 4 is 44.9 Å². The Morgan fingerprint density at radius 2 is 1.95 bits per heavy atom. The first-order valence-corrected chi connectivity index (χ1v) is 9.49. The number of nitrogens with zero attached hydrogens (tertiary/aromatic N) is 1. The summed E-state index contributed by atoms with van der Waals surface area (Å²) in [4.78, 5) is 2.64. The predicted molar refractivity (Wildman–Crippen MR) is 101 cm³/mol. The monoisotopic (exact) mass is 387 g/mol. The Morgan fingerprint density at radius 1 is 1.09 bits per heavy atom. The lowest BCUT2D eigenvalue weighted by Gasteiger charge is -2.29. The van der Waals surface area contributed by atoms with Crippen LogP contribution >= 0.6 is 39.2 Å². The van der Waals surface area contributed by atoms with E-state index in [9.17, 15) is 0 Å². The second-order valence-electron chi connectivity index (χ2n) is 5.37. The smallest absolute Gasteiger partial charge is 0.0726 e. The molecule has 2 heterocycles. The number of thiophene rings is 1. The second kappa shape index (κ2) is 5.76. The minimum Gasteiger partial charge on any atom is -0.306 e. The molecule has 0 N–H and O–H groups in total. The van der Waals surface area contributed by atoms with Crippen LogP contribution in [0.25, 0.3) is 10.4 Å². The highest BCUT2D eigenvalue weighted by Gasteiger charge is 2.25. The Hall–Kier alpha value is -1.23. The van der Waals surface area contributed by atoms with E-state index >= 15 is 0 Å². The molecular weight excluding hydrogens is 374 g/mol. The van der Waals surface area contributed by atoms with E-state index in [-0.39, 0.29) is 0 Å². The van der Waals surface area contributed by atoms with Crippen molar-refractivity contribution in [3.8, 4) is 10.4 Å². The molecule has 110 valence electrons. The van der Waals surface area contributed by atoms with E-state index in [0.29, 0.717) is 0 Å². The van der Waals surface area contributed by atoms with Crippen LogP contribution in [-0.2, 0) is 6.54 Å². The zero-order chi connectivity index (χ0) is 15.1. The van der Waals surface area contributed by atoms with Crippen LogP contribution in [0.2, 0.25) is 0 Å². The quantitative estimate of drug-likeness (QED) is 0.460. The standard InChI is InChI=1S/C18H14BrNS2/c1-12-5-4-7-14(9-12)22-20-11-13-6-2-3-8-15(13)18-16(20)10-17(19)21-18/h2-10H,11H2,1H3. The van der Waals surface area contributed by atoms with E-state index in [0.717, 1.165) is 6.54 Å². The number of benzene rings is 2. The van der Waals surface area contributed by atoms with Crippen LogP contribution in [0.3, 0.4) is 0 Å². The summed E-state index contributed by atoms with van der Waals surface area (Å²) >= 11 is 7.28. The fourth-order valence-electron chi connectivity index (χ4n) is 2.73. The highest BCUT2D eigenvalue weighted by Crippen LogP contribution is 2.49. The Bertz CT molecular complexity index is 841. The van der Waals surface area contributed by atoms with E-state index in [1.165, 1.54) is 35.9 Å². The van der Waals surface area contributed by atoms with Gasteiger partial charge in [-0.1, -0.05) is 36.4 Å². The van der Waals surface area contributed by atoms with Gasteiger partial charge in [-0.3, -0.25) is 0 Å². The molecule has 1 aromatic heterocycles. The molecular formula is C18H14BrNS2. The number of hydrogen-bond acceptors (Lipinski definition) is 3. The van der Waals surface area contributed by atoms with Crippen LogP contribution in [0.5, 0.6) is 0 Å². The number of aryl methyl sites for hydroxylation is 1. The summed E-state index contributed by atoms with van der Waals surface area (Å²) in [5, 5.41) is 0. The average Bonchev–Trinajstić information content (AvgIpc) is 2.90. The summed E-state index contributed by atoms with van der Waals surface area (Å²) in [6, 6.07) is 19.6. The van der Waals surface area contributed by atoms with Crippen LogP contribution < -0.4 is 4.31 Å². The molecule has 0 amide bonds. The molecule has 0 radical (unpaired) electrons. The number of rotatable bonds is 2. The van der Waals surface area contributed by atoms with Crippen LogP contribution in [0.4, 0.5) is 5.69 Å². The molecule has 0 atom stereocenters. The van der Waals surface area contributed by atoms with Gasteiger partial charge in [-0.05, 0) is 69.7 Å². The van der Waals surface area contributed by atoms with Crippen molar-refractivity contribution in [2.45, 2.75) is 18.4 Å². The maximum Gasteiger partial charge on any atom is 0.0726 e. The van der Waals surface area contributed by atoms with Gasteiger partial charge in [0, 0.05) is 4.90 Å². The fraction of sp³-hybridized carbons (Fsp3) is 0.111. The number of fused-ring (bicyclic) bond motifs is 3. The van der Waals surface area contributed by atoms with Crippen molar-refractivity contribution in [3.63, 3.8) is 0 Å². The first-order valence-electron chi connectivity index (χ1n) is 7.10. The third-order valence-corrected chi connectivity index (χ3v) is 6.40. The Labute approximate surface area is 147 Å². The molecule has 0 bridgehead atoms. The molecule has 2 aromatic carbocycles. The van der Waals surface area contributed by atoms with Gasteiger partial charge in [-0.25, -0.2) is 0 Å². The van der Waals surface area contributed by atoms with E-state index in [1.807, 2.05) is 23.3 Å². The predicted octanol–water partition coefficient (Wildman–Crippen LogP) is 6.51. The van der Waals surface area contributed by atoms with Gasteiger partial charge in [0.25, 0.3) is 0 Å². The van der Waals surface area contributed by atoms with Crippen molar-refractivity contribution in [2.24, 2.45) is 0 Å². The van der Waals surface area contributed by atoms with Crippen molar-refractivity contribution in [2.75, 3.05) is 4.31 Å². The van der Waals surface area contributed by atoms with Crippen molar-refractivity contribution in [1.29, 1.82) is 0 Å². The van der Waals surface area contributed by atoms with Crippen molar-refractivity contribution in [1.82, 2.24) is 0 Å². The number of halogens is 1. The summed E-state index contributed by atoms with van der Waals surface area (Å²) in [5.41, 5.74) is 5.37. The van der Waals surface area contributed by atoms with E-state index < -0.39 is 0 Å². The van der Waals surface area contributed by atoms with Gasteiger partial charge in [0.1, 0.15) is 0 Å². The summed E-state index contributed by atoms with van der Waals surface area (Å²) in [6.07, 6.45) is 0. The molecule has 4 heteroatoms. The molecule has 0 spiro atoms. The van der Waals surface area contributed by atoms with Crippen LogP contribution in [0.1, 0.15) is 11.1 Å². The normalized spacial score (nSPS) is 12.9. The number of anilines is 1. The molecule has 0 saturated heterocycles. The van der Waals surface area contributed by atoms with Gasteiger partial charge in [0.15, 0.2) is 0 Å². The fourth-order valence-corrected chi connectivity index (χ4v) is 5.52. The molecule has 0 fully saturated rings. The molecule has 1 aliphatic heterocycles. The molecule has 0 unspecified atom stereocenters. The lowest BCUT2D eigenvalue weighted by atomic mass is 10.0. The largest absolute Gasteiger partial charge is 0.306 e. The lowest BCUT2D eigenvalue weighted by Crippen LogP contribution is -2.17. The Balaban J connectivity index is 1.76. The van der Waals surface area contributed by atoms with Crippen LogP contribution in [0, 0.1) is 6.92 Å². The summed E-state index contributed by atoms with van der Waals surface area (Å²) < 4.78 is 3.58. The topological polar surface area (TPSA) is 3.24 Å². The first kappa shape index (κ1) is 14.4. The van der Waals surface area contributed by atoms with Gasteiger partial charge in [0.2, 0.25) is 0 Å². The van der Waals surface area contributed by atoms with E-state index in [1.54, 1.807) is 0 Å². The summed E-state index contributed by atoms with van der Waals surface area (Å²) in [5.74, 6) is 0. The maximum absolute atomic E-state index is 3.65. The van der Waals surface area contributed by atoms with Crippen molar-refractivity contribution in [3.05, 3.63) is 69.5 Å². The molecule has 1 nitrogen and oxygen atoms in total. The highest BCUT2D eigenvalue weighted by atomic mass is 79.9.